The van der Waals surface area contributed by atoms with Crippen LogP contribution in [0.25, 0.3) is 11.3 Å². The molecule has 2 aliphatic heterocycles. The molecular weight excluding hydrogens is 330 g/mol. The monoisotopic (exact) mass is 345 g/mol. The van der Waals surface area contributed by atoms with Gasteiger partial charge in [0, 0.05) is 25.2 Å². The first-order valence-corrected chi connectivity index (χ1v) is 8.18. The maximum absolute atomic E-state index is 12.8. The fourth-order valence-corrected chi connectivity index (χ4v) is 3.93. The molecule has 4 nitrogen and oxygen atoms in total. The van der Waals surface area contributed by atoms with Gasteiger partial charge in [0.15, 0.2) is 5.82 Å². The highest BCUT2D eigenvalue weighted by Crippen LogP contribution is 2.33. The molecule has 2 aromatic rings. The fourth-order valence-electron chi connectivity index (χ4n) is 3.33. The Kier molecular flexibility index (Phi) is 3.10. The summed E-state index contributed by atoms with van der Waals surface area (Å²) in [6.45, 7) is 2.60. The van der Waals surface area contributed by atoms with Crippen molar-refractivity contribution in [1.82, 2.24) is 9.55 Å². The highest BCUT2D eigenvalue weighted by atomic mass is 79.9. The molecule has 1 saturated heterocycles. The Bertz CT molecular complexity index is 763. The van der Waals surface area contributed by atoms with Crippen molar-refractivity contribution in [2.75, 3.05) is 18.0 Å². The lowest BCUT2D eigenvalue weighted by molar-refractivity contribution is 0.646. The molecular formula is C16H16BrN3O. The smallest absolute Gasteiger partial charge is 0.294 e. The van der Waals surface area contributed by atoms with E-state index in [-0.39, 0.29) is 5.56 Å². The van der Waals surface area contributed by atoms with Crippen LogP contribution >= 0.6 is 15.9 Å². The van der Waals surface area contributed by atoms with Gasteiger partial charge in [-0.1, -0.05) is 24.3 Å². The van der Waals surface area contributed by atoms with Crippen LogP contribution in [0, 0.1) is 0 Å². The summed E-state index contributed by atoms with van der Waals surface area (Å²) in [4.78, 5) is 19.5. The maximum Gasteiger partial charge on any atom is 0.294 e. The molecule has 0 spiro atoms. The summed E-state index contributed by atoms with van der Waals surface area (Å²) in [6, 6.07) is 8.26. The zero-order valence-corrected chi connectivity index (χ0v) is 13.3. The minimum Gasteiger partial charge on any atom is -0.352 e. The first kappa shape index (κ1) is 13.1. The second-order valence-electron chi connectivity index (χ2n) is 5.63. The molecule has 1 fully saturated rings. The summed E-state index contributed by atoms with van der Waals surface area (Å²) in [5.41, 5.74) is 3.37. The number of benzene rings is 1. The number of nitrogens with zero attached hydrogens (tertiary/aromatic N) is 3. The first-order chi connectivity index (χ1) is 10.3. The van der Waals surface area contributed by atoms with E-state index in [1.54, 1.807) is 0 Å². The molecule has 0 unspecified atom stereocenters. The molecule has 5 heteroatoms. The number of rotatable bonds is 1. The van der Waals surface area contributed by atoms with E-state index in [2.05, 4.69) is 37.9 Å². The Morgan fingerprint density at radius 3 is 2.67 bits per heavy atom. The molecule has 0 amide bonds. The molecule has 1 aromatic carbocycles. The highest BCUT2D eigenvalue weighted by molar-refractivity contribution is 9.10. The zero-order valence-electron chi connectivity index (χ0n) is 11.7. The molecule has 0 bridgehead atoms. The van der Waals surface area contributed by atoms with Crippen LogP contribution in [0.2, 0.25) is 0 Å². The van der Waals surface area contributed by atoms with Gasteiger partial charge in [-0.05, 0) is 40.8 Å². The van der Waals surface area contributed by atoms with Gasteiger partial charge in [0.05, 0.1) is 5.69 Å². The van der Waals surface area contributed by atoms with Crippen molar-refractivity contribution in [2.24, 2.45) is 0 Å². The van der Waals surface area contributed by atoms with Gasteiger partial charge in [0.2, 0.25) is 0 Å². The van der Waals surface area contributed by atoms with Crippen molar-refractivity contribution in [1.29, 1.82) is 0 Å². The molecule has 0 saturated carbocycles. The van der Waals surface area contributed by atoms with E-state index in [1.807, 2.05) is 16.7 Å². The van der Waals surface area contributed by atoms with E-state index < -0.39 is 0 Å². The van der Waals surface area contributed by atoms with Crippen molar-refractivity contribution >= 4 is 21.7 Å². The standard InChI is InChI=1S/C16H16BrN3O/c17-14-13-12-6-2-1-5-11(12)7-10-20(13)16(21)15(18-14)19-8-3-4-9-19/h1-2,5-6H,3-4,7-10H2. The van der Waals surface area contributed by atoms with Crippen molar-refractivity contribution < 1.29 is 0 Å². The predicted octanol–water partition coefficient (Wildman–Crippen LogP) is 2.83. The van der Waals surface area contributed by atoms with Gasteiger partial charge in [-0.2, -0.15) is 0 Å². The lowest BCUT2D eigenvalue weighted by atomic mass is 9.98. The van der Waals surface area contributed by atoms with Crippen molar-refractivity contribution in [3.05, 3.63) is 44.8 Å². The number of aryl methyl sites for hydroxylation is 1. The lowest BCUT2D eigenvalue weighted by Crippen LogP contribution is -2.34. The Morgan fingerprint density at radius 2 is 1.86 bits per heavy atom. The quantitative estimate of drug-likeness (QED) is 0.797. The first-order valence-electron chi connectivity index (χ1n) is 7.39. The predicted molar refractivity (Wildman–Crippen MR) is 86.8 cm³/mol. The highest BCUT2D eigenvalue weighted by Gasteiger charge is 2.25. The average Bonchev–Trinajstić information content (AvgIpc) is 3.04. The average molecular weight is 346 g/mol. The minimum atomic E-state index is 0.0459. The number of hydrogen-bond donors (Lipinski definition) is 0. The molecule has 0 atom stereocenters. The van der Waals surface area contributed by atoms with Crippen LogP contribution in [0.4, 0.5) is 5.82 Å². The number of anilines is 1. The van der Waals surface area contributed by atoms with E-state index >= 15 is 0 Å². The van der Waals surface area contributed by atoms with Crippen molar-refractivity contribution in [2.45, 2.75) is 25.8 Å². The molecule has 3 heterocycles. The molecule has 21 heavy (non-hydrogen) atoms. The SMILES string of the molecule is O=c1c(N2CCCC2)nc(Br)c2n1CCc1ccccc1-2. The van der Waals surface area contributed by atoms with Crippen molar-refractivity contribution in [3.8, 4) is 11.3 Å². The topological polar surface area (TPSA) is 38.1 Å². The van der Waals surface area contributed by atoms with Crippen LogP contribution in [0.5, 0.6) is 0 Å². The van der Waals surface area contributed by atoms with Crippen LogP contribution in [0.1, 0.15) is 18.4 Å². The van der Waals surface area contributed by atoms with E-state index in [0.29, 0.717) is 5.82 Å². The number of halogens is 1. The third kappa shape index (κ3) is 2.02. The van der Waals surface area contributed by atoms with E-state index in [0.717, 1.165) is 54.8 Å². The Hall–Kier alpha value is -1.62. The molecule has 1 aromatic heterocycles. The largest absolute Gasteiger partial charge is 0.352 e. The normalized spacial score (nSPS) is 16.7. The maximum atomic E-state index is 12.8. The molecule has 0 radical (unpaired) electrons. The lowest BCUT2D eigenvalue weighted by Gasteiger charge is -2.25. The number of hydrogen-bond acceptors (Lipinski definition) is 3. The van der Waals surface area contributed by atoms with Crippen LogP contribution in [0.15, 0.2) is 33.7 Å². The summed E-state index contributed by atoms with van der Waals surface area (Å²) in [5, 5.41) is 0. The summed E-state index contributed by atoms with van der Waals surface area (Å²) in [6.07, 6.45) is 3.19. The number of aromatic nitrogens is 2. The summed E-state index contributed by atoms with van der Waals surface area (Å²) < 4.78 is 2.66. The molecule has 0 aliphatic carbocycles. The van der Waals surface area contributed by atoms with Gasteiger partial charge in [-0.3, -0.25) is 4.79 Å². The molecule has 108 valence electrons. The summed E-state index contributed by atoms with van der Waals surface area (Å²) in [5.74, 6) is 0.600. The Morgan fingerprint density at radius 1 is 1.10 bits per heavy atom. The molecule has 4 rings (SSSR count). The Balaban J connectivity index is 1.93. The van der Waals surface area contributed by atoms with Gasteiger partial charge in [0.25, 0.3) is 5.56 Å². The zero-order chi connectivity index (χ0) is 14.4. The van der Waals surface area contributed by atoms with Crippen molar-refractivity contribution in [3.63, 3.8) is 0 Å². The van der Waals surface area contributed by atoms with Gasteiger partial charge >= 0.3 is 0 Å². The summed E-state index contributed by atoms with van der Waals surface area (Å²) >= 11 is 3.59. The van der Waals surface area contributed by atoms with Crippen LogP contribution in [0.3, 0.4) is 0 Å². The van der Waals surface area contributed by atoms with Crippen LogP contribution in [-0.2, 0) is 13.0 Å². The third-order valence-corrected chi connectivity index (χ3v) is 4.94. The number of fused-ring (bicyclic) bond motifs is 3. The molecule has 0 N–H and O–H groups in total. The van der Waals surface area contributed by atoms with Crippen LogP contribution < -0.4 is 10.5 Å². The second-order valence-corrected chi connectivity index (χ2v) is 6.38. The fraction of sp³-hybridized carbons (Fsp3) is 0.375. The van der Waals surface area contributed by atoms with Gasteiger partial charge in [-0.25, -0.2) is 4.98 Å². The second kappa shape index (κ2) is 4.98. The van der Waals surface area contributed by atoms with E-state index in [1.165, 1.54) is 5.56 Å². The van der Waals surface area contributed by atoms with Gasteiger partial charge < -0.3 is 9.47 Å². The minimum absolute atomic E-state index is 0.0459. The van der Waals surface area contributed by atoms with Gasteiger partial charge in [0.1, 0.15) is 4.60 Å². The summed E-state index contributed by atoms with van der Waals surface area (Å²) in [7, 11) is 0. The Labute approximate surface area is 131 Å². The van der Waals surface area contributed by atoms with Crippen LogP contribution in [-0.4, -0.2) is 22.6 Å². The van der Waals surface area contributed by atoms with E-state index in [4.69, 9.17) is 0 Å². The third-order valence-electron chi connectivity index (χ3n) is 4.39. The van der Waals surface area contributed by atoms with E-state index in [9.17, 15) is 4.79 Å². The molecule has 2 aliphatic rings. The van der Waals surface area contributed by atoms with Gasteiger partial charge in [-0.15, -0.1) is 0 Å².